The zero-order valence-electron chi connectivity index (χ0n) is 14.4. The number of ether oxygens (including phenoxy) is 2. The normalized spacial score (nSPS) is 21.3. The minimum atomic E-state index is -1.28. The molecule has 0 unspecified atom stereocenters. The monoisotopic (exact) mass is 394 g/mol. The summed E-state index contributed by atoms with van der Waals surface area (Å²) in [7, 11) is 1.55. The van der Waals surface area contributed by atoms with Crippen LogP contribution in [0.2, 0.25) is 0 Å². The van der Waals surface area contributed by atoms with Crippen LogP contribution in [0.4, 0.5) is 4.79 Å². The maximum Gasteiger partial charge on any atom is 0.408 e. The standard InChI is InChI=1S/C17H18N2O7S/c1-25-11-4-2-9(3-5-11)7-26-17(24)18-12-14(21)19-13(16(22)23)10(6-20)8-27-15(12)19/h2-5,12,15,20H,6-8H2,1H3,(H,18,24)(H,22,23)/t12-,15-/m1/s1. The van der Waals surface area contributed by atoms with E-state index in [-0.39, 0.29) is 23.6 Å². The van der Waals surface area contributed by atoms with Crippen molar-refractivity contribution in [2.24, 2.45) is 0 Å². The topological polar surface area (TPSA) is 125 Å². The first-order valence-corrected chi connectivity index (χ1v) is 9.08. The van der Waals surface area contributed by atoms with E-state index in [4.69, 9.17) is 9.47 Å². The highest BCUT2D eigenvalue weighted by Crippen LogP contribution is 2.40. The first-order valence-electron chi connectivity index (χ1n) is 8.03. The smallest absolute Gasteiger partial charge is 0.408 e. The van der Waals surface area contributed by atoms with E-state index in [1.54, 1.807) is 31.4 Å². The lowest BCUT2D eigenvalue weighted by molar-refractivity contribution is -0.149. The van der Waals surface area contributed by atoms with E-state index in [2.05, 4.69) is 5.32 Å². The second kappa shape index (κ2) is 7.89. The number of methoxy groups -OCH3 is 1. The van der Waals surface area contributed by atoms with E-state index in [0.717, 1.165) is 10.5 Å². The molecule has 144 valence electrons. The van der Waals surface area contributed by atoms with Crippen LogP contribution >= 0.6 is 11.8 Å². The number of hydrogen-bond acceptors (Lipinski definition) is 7. The predicted octanol–water partition coefficient (Wildman–Crippen LogP) is 0.536. The number of thioether (sulfide) groups is 1. The van der Waals surface area contributed by atoms with Crippen molar-refractivity contribution in [3.8, 4) is 5.75 Å². The van der Waals surface area contributed by atoms with Crippen LogP contribution in [0.25, 0.3) is 0 Å². The Bertz CT molecular complexity index is 793. The van der Waals surface area contributed by atoms with Crippen molar-refractivity contribution in [2.45, 2.75) is 18.0 Å². The van der Waals surface area contributed by atoms with Crippen molar-refractivity contribution in [3.05, 3.63) is 41.1 Å². The first-order chi connectivity index (χ1) is 13.0. The predicted molar refractivity (Wildman–Crippen MR) is 94.9 cm³/mol. The molecule has 1 aromatic rings. The molecule has 3 N–H and O–H groups in total. The van der Waals surface area contributed by atoms with Gasteiger partial charge in [0.05, 0.1) is 13.7 Å². The summed E-state index contributed by atoms with van der Waals surface area (Å²) in [6.45, 7) is -0.416. The average molecular weight is 394 g/mol. The van der Waals surface area contributed by atoms with Crippen LogP contribution in [0, 0.1) is 0 Å². The number of fused-ring (bicyclic) bond motifs is 1. The lowest BCUT2D eigenvalue weighted by Crippen LogP contribution is -2.70. The average Bonchev–Trinajstić information content (AvgIpc) is 2.69. The number of hydrogen-bond donors (Lipinski definition) is 3. The molecule has 27 heavy (non-hydrogen) atoms. The molecule has 10 heteroatoms. The molecule has 1 fully saturated rings. The summed E-state index contributed by atoms with van der Waals surface area (Å²) in [4.78, 5) is 36.8. The summed E-state index contributed by atoms with van der Waals surface area (Å²) in [6.07, 6.45) is -0.766. The number of carbonyl (C=O) groups excluding carboxylic acids is 2. The maximum atomic E-state index is 12.3. The first kappa shape index (κ1) is 19.1. The Morgan fingerprint density at radius 3 is 2.63 bits per heavy atom. The van der Waals surface area contributed by atoms with Gasteiger partial charge in [0.2, 0.25) is 0 Å². The Balaban J connectivity index is 1.57. The lowest BCUT2D eigenvalue weighted by Gasteiger charge is -2.49. The molecule has 0 aromatic heterocycles. The molecule has 2 heterocycles. The zero-order chi connectivity index (χ0) is 19.6. The summed E-state index contributed by atoms with van der Waals surface area (Å²) in [5, 5.41) is 20.5. The molecule has 2 amide bonds. The summed E-state index contributed by atoms with van der Waals surface area (Å²) in [5.41, 5.74) is 0.816. The molecule has 9 nitrogen and oxygen atoms in total. The van der Waals surface area contributed by atoms with Crippen LogP contribution in [-0.4, -0.2) is 64.0 Å². The minimum Gasteiger partial charge on any atom is -0.497 e. The molecule has 0 bridgehead atoms. The highest BCUT2D eigenvalue weighted by molar-refractivity contribution is 8.00. The highest BCUT2D eigenvalue weighted by Gasteiger charge is 2.54. The second-order valence-corrected chi connectivity index (χ2v) is 6.98. The van der Waals surface area contributed by atoms with Crippen molar-refractivity contribution in [2.75, 3.05) is 19.5 Å². The number of nitrogens with one attached hydrogen (secondary N) is 1. The lowest BCUT2D eigenvalue weighted by atomic mass is 10.0. The molecular weight excluding hydrogens is 376 g/mol. The maximum absolute atomic E-state index is 12.3. The van der Waals surface area contributed by atoms with Gasteiger partial charge < -0.3 is 25.0 Å². The number of rotatable bonds is 6. The SMILES string of the molecule is COc1ccc(COC(=O)N[C@@H]2C(=O)N3C(C(=O)O)=C(CO)CS[C@H]23)cc1. The van der Waals surface area contributed by atoms with Crippen LogP contribution in [0.5, 0.6) is 5.75 Å². The van der Waals surface area contributed by atoms with Crippen LogP contribution in [0.1, 0.15) is 5.56 Å². The molecule has 1 aromatic carbocycles. The van der Waals surface area contributed by atoms with E-state index < -0.39 is 36.0 Å². The molecular formula is C17H18N2O7S. The fourth-order valence-corrected chi connectivity index (χ4v) is 4.18. The van der Waals surface area contributed by atoms with Gasteiger partial charge in [-0.1, -0.05) is 12.1 Å². The van der Waals surface area contributed by atoms with Gasteiger partial charge in [0, 0.05) is 5.75 Å². The van der Waals surface area contributed by atoms with E-state index >= 15 is 0 Å². The molecule has 0 aliphatic carbocycles. The Kier molecular flexibility index (Phi) is 5.57. The highest BCUT2D eigenvalue weighted by atomic mass is 32.2. The van der Waals surface area contributed by atoms with Gasteiger partial charge in [-0.3, -0.25) is 9.69 Å². The van der Waals surface area contributed by atoms with Crippen molar-refractivity contribution in [1.29, 1.82) is 0 Å². The van der Waals surface area contributed by atoms with E-state index in [0.29, 0.717) is 5.75 Å². The number of carboxylic acids is 1. The Morgan fingerprint density at radius 2 is 2.04 bits per heavy atom. The quantitative estimate of drug-likeness (QED) is 0.597. The number of aliphatic hydroxyl groups is 1. The zero-order valence-corrected chi connectivity index (χ0v) is 15.2. The van der Waals surface area contributed by atoms with Crippen LogP contribution < -0.4 is 10.1 Å². The third-order valence-corrected chi connectivity index (χ3v) is 5.58. The molecule has 3 rings (SSSR count). The fourth-order valence-electron chi connectivity index (χ4n) is 2.84. The van der Waals surface area contributed by atoms with E-state index in [9.17, 15) is 24.6 Å². The molecule has 2 aliphatic heterocycles. The van der Waals surface area contributed by atoms with Crippen molar-refractivity contribution in [3.63, 3.8) is 0 Å². The molecule has 1 saturated heterocycles. The number of aliphatic hydroxyl groups excluding tert-OH is 1. The fraction of sp³-hybridized carbons (Fsp3) is 0.353. The summed E-state index contributed by atoms with van der Waals surface area (Å²) in [6, 6.07) is 6.11. The second-order valence-electron chi connectivity index (χ2n) is 5.87. The Morgan fingerprint density at radius 1 is 1.33 bits per heavy atom. The number of aliphatic carboxylic acids is 1. The van der Waals surface area contributed by atoms with Gasteiger partial charge >= 0.3 is 12.1 Å². The number of carbonyl (C=O) groups is 3. The number of benzene rings is 1. The van der Waals surface area contributed by atoms with Gasteiger partial charge in [-0.05, 0) is 23.3 Å². The van der Waals surface area contributed by atoms with Gasteiger partial charge in [0.25, 0.3) is 5.91 Å². The summed E-state index contributed by atoms with van der Waals surface area (Å²) in [5.74, 6) is -0.872. The number of alkyl carbamates (subject to hydrolysis) is 1. The van der Waals surface area contributed by atoms with Crippen molar-refractivity contribution < 1.29 is 34.1 Å². The minimum absolute atomic E-state index is 0.0210. The molecule has 2 atom stereocenters. The van der Waals surface area contributed by atoms with Gasteiger partial charge in [0.1, 0.15) is 29.5 Å². The summed E-state index contributed by atoms with van der Waals surface area (Å²) < 4.78 is 10.2. The van der Waals surface area contributed by atoms with E-state index in [1.807, 2.05) is 0 Å². The molecule has 0 spiro atoms. The number of β-lactam (4-membered cyclic amide) rings is 1. The number of amides is 2. The number of nitrogens with zero attached hydrogens (tertiary/aromatic N) is 1. The van der Waals surface area contributed by atoms with Gasteiger partial charge in [-0.25, -0.2) is 9.59 Å². The molecule has 0 saturated carbocycles. The van der Waals surface area contributed by atoms with Crippen LogP contribution in [0.3, 0.4) is 0 Å². The molecule has 2 aliphatic rings. The van der Waals surface area contributed by atoms with E-state index in [1.165, 1.54) is 11.8 Å². The van der Waals surface area contributed by atoms with Gasteiger partial charge in [0.15, 0.2) is 0 Å². The van der Waals surface area contributed by atoms with Crippen molar-refractivity contribution in [1.82, 2.24) is 10.2 Å². The van der Waals surface area contributed by atoms with Crippen LogP contribution in [-0.2, 0) is 20.9 Å². The largest absolute Gasteiger partial charge is 0.497 e. The third-order valence-electron chi connectivity index (χ3n) is 4.24. The Hall–Kier alpha value is -2.72. The Labute approximate surface area is 158 Å². The summed E-state index contributed by atoms with van der Waals surface area (Å²) >= 11 is 1.28. The molecule has 0 radical (unpaired) electrons. The van der Waals surface area contributed by atoms with Gasteiger partial charge in [-0.2, -0.15) is 0 Å². The van der Waals surface area contributed by atoms with Crippen molar-refractivity contribution >= 4 is 29.7 Å². The van der Waals surface area contributed by atoms with Crippen LogP contribution in [0.15, 0.2) is 35.5 Å². The number of carboxylic acid groups (broad SMARTS) is 1. The third kappa shape index (κ3) is 3.71. The van der Waals surface area contributed by atoms with Gasteiger partial charge in [-0.15, -0.1) is 11.8 Å².